The van der Waals surface area contributed by atoms with Crippen LogP contribution in [0.25, 0.3) is 0 Å². The molecule has 2 N–H and O–H groups in total. The summed E-state index contributed by atoms with van der Waals surface area (Å²) in [4.78, 5) is 23.7. The molecular formula is C19H20N2O6S. The number of nitrogens with one attached hydrogen (secondary N) is 2. The molecule has 2 aromatic rings. The minimum absolute atomic E-state index is 0.0283. The van der Waals surface area contributed by atoms with Gasteiger partial charge in [-0.1, -0.05) is 35.9 Å². The molecule has 1 fully saturated rings. The molecule has 3 rings (SSSR count). The zero-order chi connectivity index (χ0) is 20.1. The monoisotopic (exact) mass is 404 g/mol. The van der Waals surface area contributed by atoms with Crippen LogP contribution < -0.4 is 15.4 Å². The Morgan fingerprint density at radius 2 is 1.79 bits per heavy atom. The molecule has 0 radical (unpaired) electrons. The Hall–Kier alpha value is -2.91. The Labute approximate surface area is 163 Å². The van der Waals surface area contributed by atoms with Crippen molar-refractivity contribution in [2.24, 2.45) is 0 Å². The number of carbonyl (C=O) groups is 2. The van der Waals surface area contributed by atoms with Crippen LogP contribution in [0, 0.1) is 6.92 Å². The standard InChI is InChI=1S/C19H20N2O6S/c1-13-7-9-15(10-8-13)28(24,25)27-11-16-18(19(23)20-16)21-17(22)12-26-14-5-3-2-4-6-14/h2-10,16,18H,11-12H2,1H3,(H,20,23)(H,21,22)/t16-,18+/m0/s1. The SMILES string of the molecule is Cc1ccc(S(=O)(=O)OC[C@@H]2NC(=O)[C@@H]2NC(=O)COc2ccccc2)cc1. The predicted octanol–water partition coefficient (Wildman–Crippen LogP) is 0.763. The number of hydrogen-bond acceptors (Lipinski definition) is 6. The van der Waals surface area contributed by atoms with E-state index in [1.807, 2.05) is 13.0 Å². The summed E-state index contributed by atoms with van der Waals surface area (Å²) < 4.78 is 34.8. The Kier molecular flexibility index (Phi) is 5.96. The van der Waals surface area contributed by atoms with Gasteiger partial charge in [0.25, 0.3) is 16.0 Å². The average Bonchev–Trinajstić information content (AvgIpc) is 2.69. The fraction of sp³-hybridized carbons (Fsp3) is 0.263. The third-order valence-corrected chi connectivity index (χ3v) is 5.45. The molecule has 28 heavy (non-hydrogen) atoms. The Morgan fingerprint density at radius 3 is 2.43 bits per heavy atom. The summed E-state index contributed by atoms with van der Waals surface area (Å²) in [6.45, 7) is 1.30. The molecule has 0 spiro atoms. The first-order valence-electron chi connectivity index (χ1n) is 8.59. The van der Waals surface area contributed by atoms with Gasteiger partial charge in [-0.2, -0.15) is 8.42 Å². The summed E-state index contributed by atoms with van der Waals surface area (Å²) >= 11 is 0. The zero-order valence-corrected chi connectivity index (χ0v) is 15.9. The van der Waals surface area contributed by atoms with E-state index in [2.05, 4.69) is 10.6 Å². The molecule has 148 valence electrons. The second-order valence-corrected chi connectivity index (χ2v) is 7.93. The van der Waals surface area contributed by atoms with Crippen molar-refractivity contribution in [1.82, 2.24) is 10.6 Å². The van der Waals surface area contributed by atoms with Gasteiger partial charge in [0.1, 0.15) is 11.8 Å². The normalized spacial score (nSPS) is 18.7. The first-order chi connectivity index (χ1) is 13.3. The molecule has 1 aliphatic heterocycles. The van der Waals surface area contributed by atoms with Crippen molar-refractivity contribution in [3.63, 3.8) is 0 Å². The van der Waals surface area contributed by atoms with Crippen LogP contribution in [-0.4, -0.2) is 45.5 Å². The Bertz CT molecular complexity index is 944. The fourth-order valence-corrected chi connectivity index (χ4v) is 3.49. The lowest BCUT2D eigenvalue weighted by atomic mass is 10.00. The molecule has 2 atom stereocenters. The van der Waals surface area contributed by atoms with Gasteiger partial charge in [0, 0.05) is 0 Å². The molecule has 0 unspecified atom stereocenters. The van der Waals surface area contributed by atoms with Crippen LogP contribution >= 0.6 is 0 Å². The average molecular weight is 404 g/mol. The van der Waals surface area contributed by atoms with Gasteiger partial charge in [-0.25, -0.2) is 0 Å². The largest absolute Gasteiger partial charge is 0.484 e. The highest BCUT2D eigenvalue weighted by atomic mass is 32.2. The molecule has 8 nitrogen and oxygen atoms in total. The van der Waals surface area contributed by atoms with Crippen molar-refractivity contribution in [1.29, 1.82) is 0 Å². The lowest BCUT2D eigenvalue weighted by Crippen LogP contribution is -2.71. The molecule has 1 heterocycles. The molecule has 0 saturated carbocycles. The van der Waals surface area contributed by atoms with Crippen molar-refractivity contribution in [3.05, 3.63) is 60.2 Å². The van der Waals surface area contributed by atoms with E-state index in [9.17, 15) is 18.0 Å². The Morgan fingerprint density at radius 1 is 1.11 bits per heavy atom. The van der Waals surface area contributed by atoms with Crippen molar-refractivity contribution < 1.29 is 26.9 Å². The van der Waals surface area contributed by atoms with E-state index in [-0.39, 0.29) is 18.1 Å². The molecule has 0 aromatic heterocycles. The zero-order valence-electron chi connectivity index (χ0n) is 15.1. The summed E-state index contributed by atoms with van der Waals surface area (Å²) in [6, 6.07) is 13.5. The van der Waals surface area contributed by atoms with Crippen LogP contribution in [0.4, 0.5) is 0 Å². The summed E-state index contributed by atoms with van der Waals surface area (Å²) in [7, 11) is -3.95. The topological polar surface area (TPSA) is 111 Å². The van der Waals surface area contributed by atoms with Gasteiger partial charge in [-0.15, -0.1) is 0 Å². The first kappa shape index (κ1) is 19.8. The van der Waals surface area contributed by atoms with E-state index in [0.29, 0.717) is 5.75 Å². The molecule has 2 aromatic carbocycles. The number of benzene rings is 2. The highest BCUT2D eigenvalue weighted by Crippen LogP contribution is 2.16. The van der Waals surface area contributed by atoms with E-state index >= 15 is 0 Å². The van der Waals surface area contributed by atoms with Gasteiger partial charge in [0.15, 0.2) is 6.61 Å². The van der Waals surface area contributed by atoms with Gasteiger partial charge < -0.3 is 15.4 Å². The number of β-lactam (4-membered cyclic amide) rings is 1. The summed E-state index contributed by atoms with van der Waals surface area (Å²) in [5.74, 6) is -0.371. The smallest absolute Gasteiger partial charge is 0.297 e. The number of amides is 2. The molecular weight excluding hydrogens is 384 g/mol. The highest BCUT2D eigenvalue weighted by Gasteiger charge is 2.41. The summed E-state index contributed by atoms with van der Waals surface area (Å²) in [5.41, 5.74) is 0.922. The van der Waals surface area contributed by atoms with Crippen LogP contribution in [0.2, 0.25) is 0 Å². The van der Waals surface area contributed by atoms with Crippen LogP contribution in [0.1, 0.15) is 5.56 Å². The van der Waals surface area contributed by atoms with E-state index < -0.39 is 34.0 Å². The summed E-state index contributed by atoms with van der Waals surface area (Å²) in [6.07, 6.45) is 0. The first-order valence-corrected chi connectivity index (χ1v) is 10.00. The van der Waals surface area contributed by atoms with Crippen molar-refractivity contribution in [2.45, 2.75) is 23.9 Å². The lowest BCUT2D eigenvalue weighted by Gasteiger charge is -2.36. The van der Waals surface area contributed by atoms with Gasteiger partial charge >= 0.3 is 0 Å². The number of para-hydroxylation sites is 1. The second-order valence-electron chi connectivity index (χ2n) is 6.31. The molecule has 2 amide bonds. The van der Waals surface area contributed by atoms with Crippen molar-refractivity contribution in [3.8, 4) is 5.75 Å². The molecule has 0 bridgehead atoms. The van der Waals surface area contributed by atoms with Gasteiger partial charge in [-0.05, 0) is 31.2 Å². The predicted molar refractivity (Wildman–Crippen MR) is 100 cm³/mol. The van der Waals surface area contributed by atoms with Crippen molar-refractivity contribution in [2.75, 3.05) is 13.2 Å². The number of aryl methyl sites for hydroxylation is 1. The minimum atomic E-state index is -3.95. The quantitative estimate of drug-likeness (QED) is 0.497. The van der Waals surface area contributed by atoms with E-state index in [4.69, 9.17) is 8.92 Å². The lowest BCUT2D eigenvalue weighted by molar-refractivity contribution is -0.137. The molecule has 9 heteroatoms. The maximum absolute atomic E-state index is 12.2. The summed E-state index contributed by atoms with van der Waals surface area (Å²) in [5, 5.41) is 5.04. The Balaban J connectivity index is 1.50. The van der Waals surface area contributed by atoms with Crippen LogP contribution in [0.3, 0.4) is 0 Å². The van der Waals surface area contributed by atoms with Crippen LogP contribution in [-0.2, 0) is 23.9 Å². The fourth-order valence-electron chi connectivity index (χ4n) is 2.56. The molecule has 1 aliphatic rings. The third-order valence-electron chi connectivity index (χ3n) is 4.15. The third kappa shape index (κ3) is 4.87. The number of hydrogen-bond donors (Lipinski definition) is 2. The second kappa shape index (κ2) is 8.41. The highest BCUT2D eigenvalue weighted by molar-refractivity contribution is 7.86. The van der Waals surface area contributed by atoms with E-state index in [0.717, 1.165) is 5.56 Å². The minimum Gasteiger partial charge on any atom is -0.484 e. The molecule has 1 saturated heterocycles. The number of rotatable bonds is 8. The van der Waals surface area contributed by atoms with E-state index in [1.54, 1.807) is 36.4 Å². The number of carbonyl (C=O) groups excluding carboxylic acids is 2. The maximum atomic E-state index is 12.2. The van der Waals surface area contributed by atoms with Gasteiger partial charge in [-0.3, -0.25) is 13.8 Å². The maximum Gasteiger partial charge on any atom is 0.297 e. The van der Waals surface area contributed by atoms with E-state index in [1.165, 1.54) is 12.1 Å². The molecule has 0 aliphatic carbocycles. The van der Waals surface area contributed by atoms with Crippen LogP contribution in [0.15, 0.2) is 59.5 Å². The van der Waals surface area contributed by atoms with Gasteiger partial charge in [0.2, 0.25) is 5.91 Å². The van der Waals surface area contributed by atoms with Crippen LogP contribution in [0.5, 0.6) is 5.75 Å². The number of ether oxygens (including phenoxy) is 1. The van der Waals surface area contributed by atoms with Crippen molar-refractivity contribution >= 4 is 21.9 Å². The van der Waals surface area contributed by atoms with Gasteiger partial charge in [0.05, 0.1) is 17.5 Å².